The van der Waals surface area contributed by atoms with Crippen LogP contribution < -0.4 is 0 Å². The maximum Gasteiger partial charge on any atom is 0.300 e. The first kappa shape index (κ1) is 27.2. The van der Waals surface area contributed by atoms with Gasteiger partial charge < -0.3 is 5.11 Å². The molecule has 2 unspecified atom stereocenters. The number of aliphatic carboxylic acids is 1. The highest BCUT2D eigenvalue weighted by atomic mass is 16.4. The van der Waals surface area contributed by atoms with Gasteiger partial charge in [-0.2, -0.15) is 0 Å². The third-order valence-electron chi connectivity index (χ3n) is 6.26. The Morgan fingerprint density at radius 3 is 1.79 bits per heavy atom. The number of unbranched alkanes of at least 4 members (excludes halogenated alkanes) is 1. The average molecular weight is 395 g/mol. The molecule has 0 aromatic heterocycles. The highest BCUT2D eigenvalue weighted by Gasteiger charge is 2.24. The summed E-state index contributed by atoms with van der Waals surface area (Å²) in [7, 11) is 0. The molecule has 2 saturated carbocycles. The quantitative estimate of drug-likeness (QED) is 0.473. The van der Waals surface area contributed by atoms with E-state index in [0.29, 0.717) is 0 Å². The minimum Gasteiger partial charge on any atom is -0.481 e. The Morgan fingerprint density at radius 1 is 0.964 bits per heavy atom. The number of hydrogen-bond acceptors (Lipinski definition) is 1. The van der Waals surface area contributed by atoms with Crippen LogP contribution in [0.3, 0.4) is 0 Å². The van der Waals surface area contributed by atoms with Crippen LogP contribution in [0, 0.1) is 17.8 Å². The van der Waals surface area contributed by atoms with Crippen LogP contribution in [0.1, 0.15) is 131 Å². The topological polar surface area (TPSA) is 37.3 Å². The molecule has 0 saturated heterocycles. The predicted octanol–water partition coefficient (Wildman–Crippen LogP) is 8.80. The van der Waals surface area contributed by atoms with E-state index >= 15 is 0 Å². The van der Waals surface area contributed by atoms with Crippen LogP contribution in [0.5, 0.6) is 0 Å². The molecule has 166 valence electrons. The van der Waals surface area contributed by atoms with Crippen LogP contribution in [-0.2, 0) is 4.79 Å². The Bertz CT molecular complexity index is 371. The van der Waals surface area contributed by atoms with Gasteiger partial charge in [0, 0.05) is 6.92 Å². The Balaban J connectivity index is 0.000000502. The lowest BCUT2D eigenvalue weighted by molar-refractivity contribution is -0.134. The fourth-order valence-corrected chi connectivity index (χ4v) is 4.47. The van der Waals surface area contributed by atoms with E-state index in [0.717, 1.165) is 24.7 Å². The highest BCUT2D eigenvalue weighted by molar-refractivity contribution is 5.62. The van der Waals surface area contributed by atoms with E-state index in [-0.39, 0.29) is 0 Å². The van der Waals surface area contributed by atoms with Crippen molar-refractivity contribution in [1.29, 1.82) is 0 Å². The first-order valence-electron chi connectivity index (χ1n) is 12.3. The highest BCUT2D eigenvalue weighted by Crippen LogP contribution is 2.37. The van der Waals surface area contributed by atoms with Crippen molar-refractivity contribution in [3.05, 3.63) is 11.6 Å². The molecule has 0 bridgehead atoms. The van der Waals surface area contributed by atoms with Crippen LogP contribution in [0.15, 0.2) is 11.6 Å². The van der Waals surface area contributed by atoms with Gasteiger partial charge in [-0.3, -0.25) is 4.79 Å². The lowest BCUT2D eigenvalue weighted by atomic mass is 9.74. The van der Waals surface area contributed by atoms with Gasteiger partial charge in [-0.05, 0) is 43.4 Å². The third kappa shape index (κ3) is 15.2. The van der Waals surface area contributed by atoms with E-state index in [1.54, 1.807) is 5.57 Å². The Hall–Kier alpha value is -0.790. The fourth-order valence-electron chi connectivity index (χ4n) is 4.47. The van der Waals surface area contributed by atoms with Crippen molar-refractivity contribution < 1.29 is 9.90 Å². The second-order valence-electron chi connectivity index (χ2n) is 9.12. The van der Waals surface area contributed by atoms with Crippen LogP contribution in [-0.4, -0.2) is 11.1 Å². The zero-order valence-electron chi connectivity index (χ0n) is 19.8. The normalized spacial score (nSPS) is 24.4. The van der Waals surface area contributed by atoms with Crippen molar-refractivity contribution in [2.75, 3.05) is 0 Å². The van der Waals surface area contributed by atoms with Crippen molar-refractivity contribution in [3.8, 4) is 0 Å². The summed E-state index contributed by atoms with van der Waals surface area (Å²) in [6, 6.07) is 0. The first-order chi connectivity index (χ1) is 13.4. The molecule has 2 heteroatoms. The number of hydrogen-bond donors (Lipinski definition) is 1. The zero-order chi connectivity index (χ0) is 21.2. The first-order valence-corrected chi connectivity index (χ1v) is 12.3. The minimum atomic E-state index is -0.833. The standard InChI is InChI=1S/C16H30.C8H16.C2H4O2/c1-5-7-11-16(14(4)6-2)15-10-8-9-13(3)12-15;1-2-4-6-8-7-5-3-1;1-2(3)4/h11,13-15H,5-10,12H2,1-4H3;1-8H2;1H3,(H,3,4)/b16-11+;;/t13?,14-,15?;;/m0../s1. The smallest absolute Gasteiger partial charge is 0.300 e. The molecule has 2 aliphatic carbocycles. The van der Waals surface area contributed by atoms with Crippen molar-refractivity contribution in [2.24, 2.45) is 17.8 Å². The van der Waals surface area contributed by atoms with E-state index in [9.17, 15) is 0 Å². The molecule has 2 aliphatic rings. The van der Waals surface area contributed by atoms with Crippen molar-refractivity contribution >= 4 is 5.97 Å². The van der Waals surface area contributed by atoms with Gasteiger partial charge in [0.2, 0.25) is 0 Å². The van der Waals surface area contributed by atoms with Crippen LogP contribution in [0.4, 0.5) is 0 Å². The molecular formula is C26H50O2. The summed E-state index contributed by atoms with van der Waals surface area (Å²) in [5, 5.41) is 7.42. The summed E-state index contributed by atoms with van der Waals surface area (Å²) in [4.78, 5) is 9.00. The van der Waals surface area contributed by atoms with Gasteiger partial charge in [-0.1, -0.05) is 110 Å². The van der Waals surface area contributed by atoms with Crippen LogP contribution in [0.2, 0.25) is 0 Å². The second-order valence-corrected chi connectivity index (χ2v) is 9.12. The fraction of sp³-hybridized carbons (Fsp3) is 0.885. The van der Waals surface area contributed by atoms with Gasteiger partial charge in [0.1, 0.15) is 0 Å². The molecule has 0 heterocycles. The molecule has 2 fully saturated rings. The average Bonchev–Trinajstić information content (AvgIpc) is 2.61. The summed E-state index contributed by atoms with van der Waals surface area (Å²) < 4.78 is 0. The van der Waals surface area contributed by atoms with E-state index in [2.05, 4.69) is 33.8 Å². The summed E-state index contributed by atoms with van der Waals surface area (Å²) in [6.45, 7) is 10.5. The molecule has 0 spiro atoms. The zero-order valence-corrected chi connectivity index (χ0v) is 19.8. The molecule has 0 amide bonds. The molecule has 0 radical (unpaired) electrons. The van der Waals surface area contributed by atoms with Gasteiger partial charge in [0.25, 0.3) is 5.97 Å². The number of carboxylic acid groups (broad SMARTS) is 1. The maximum atomic E-state index is 9.00. The summed E-state index contributed by atoms with van der Waals surface area (Å²) in [5.74, 6) is 1.83. The number of rotatable bonds is 5. The van der Waals surface area contributed by atoms with E-state index in [1.165, 1.54) is 96.3 Å². The van der Waals surface area contributed by atoms with Gasteiger partial charge in [0.05, 0.1) is 0 Å². The van der Waals surface area contributed by atoms with Crippen LogP contribution in [0.25, 0.3) is 0 Å². The lowest BCUT2D eigenvalue weighted by Gasteiger charge is -2.31. The molecule has 2 rings (SSSR count). The maximum absolute atomic E-state index is 9.00. The molecule has 1 N–H and O–H groups in total. The van der Waals surface area contributed by atoms with E-state index < -0.39 is 5.97 Å². The monoisotopic (exact) mass is 394 g/mol. The van der Waals surface area contributed by atoms with E-state index in [4.69, 9.17) is 9.90 Å². The summed E-state index contributed by atoms with van der Waals surface area (Å²) >= 11 is 0. The Morgan fingerprint density at radius 2 is 1.43 bits per heavy atom. The SMILES string of the molecule is C1CCCCCCC1.CC(=O)O.CCC/C=C(/C1CCCC(C)C1)[C@@H](C)CC. The molecule has 0 aromatic rings. The second kappa shape index (κ2) is 18.3. The van der Waals surface area contributed by atoms with Crippen molar-refractivity contribution in [2.45, 2.75) is 131 Å². The Kier molecular flexibility index (Phi) is 17.7. The molecule has 2 nitrogen and oxygen atoms in total. The molecular weight excluding hydrogens is 344 g/mol. The summed E-state index contributed by atoms with van der Waals surface area (Å²) in [6.07, 6.45) is 24.2. The van der Waals surface area contributed by atoms with Crippen LogP contribution >= 0.6 is 0 Å². The Labute approximate surface area is 176 Å². The number of allylic oxidation sites excluding steroid dienone is 2. The molecule has 0 aromatic carbocycles. The molecule has 0 aliphatic heterocycles. The van der Waals surface area contributed by atoms with Crippen molar-refractivity contribution in [1.82, 2.24) is 0 Å². The van der Waals surface area contributed by atoms with E-state index in [1.807, 2.05) is 0 Å². The van der Waals surface area contributed by atoms with Gasteiger partial charge in [-0.15, -0.1) is 0 Å². The third-order valence-corrected chi connectivity index (χ3v) is 6.26. The number of carbonyl (C=O) groups is 1. The largest absolute Gasteiger partial charge is 0.481 e. The van der Waals surface area contributed by atoms with Gasteiger partial charge >= 0.3 is 0 Å². The van der Waals surface area contributed by atoms with Gasteiger partial charge in [0.15, 0.2) is 0 Å². The molecule has 3 atom stereocenters. The summed E-state index contributed by atoms with van der Waals surface area (Å²) in [5.41, 5.74) is 1.79. The van der Waals surface area contributed by atoms with Gasteiger partial charge in [-0.25, -0.2) is 0 Å². The van der Waals surface area contributed by atoms with Crippen molar-refractivity contribution in [3.63, 3.8) is 0 Å². The minimum absolute atomic E-state index is 0.807. The predicted molar refractivity (Wildman–Crippen MR) is 124 cm³/mol. The number of carboxylic acids is 1. The lowest BCUT2D eigenvalue weighted by Crippen LogP contribution is -2.18. The molecule has 28 heavy (non-hydrogen) atoms.